The third-order valence-electron chi connectivity index (χ3n) is 4.53. The third-order valence-corrected chi connectivity index (χ3v) is 6.71. The lowest BCUT2D eigenvalue weighted by atomic mass is 10.1. The van der Waals surface area contributed by atoms with Crippen LogP contribution in [0.15, 0.2) is 30.3 Å². The molecule has 1 heterocycles. The number of anilines is 2. The molecule has 160 valence electrons. The number of hydrogen-bond donors (Lipinski definition) is 1. The lowest BCUT2D eigenvalue weighted by molar-refractivity contribution is -0.385. The Morgan fingerprint density at radius 1 is 1.20 bits per heavy atom. The van der Waals surface area contributed by atoms with Crippen molar-refractivity contribution < 1.29 is 27.6 Å². The van der Waals surface area contributed by atoms with Crippen molar-refractivity contribution in [1.29, 1.82) is 0 Å². The fourth-order valence-electron chi connectivity index (χ4n) is 3.08. The summed E-state index contributed by atoms with van der Waals surface area (Å²) in [5.74, 6) is -0.471. The van der Waals surface area contributed by atoms with E-state index in [1.54, 1.807) is 0 Å². The number of ether oxygens (including phenoxy) is 2. The normalized spacial score (nSPS) is 15.0. The molecule has 1 N–H and O–H groups in total. The Morgan fingerprint density at radius 3 is 2.40 bits per heavy atom. The van der Waals surface area contributed by atoms with Gasteiger partial charge in [0.15, 0.2) is 11.5 Å². The molecule has 30 heavy (non-hydrogen) atoms. The molecule has 0 aromatic heterocycles. The number of amides is 1. The van der Waals surface area contributed by atoms with Crippen molar-refractivity contribution in [1.82, 2.24) is 0 Å². The number of carbonyl (C=O) groups is 1. The van der Waals surface area contributed by atoms with Gasteiger partial charge in [0, 0.05) is 12.6 Å². The van der Waals surface area contributed by atoms with Crippen LogP contribution in [0, 0.1) is 10.1 Å². The number of rotatable bonds is 6. The van der Waals surface area contributed by atoms with Gasteiger partial charge in [0.2, 0.25) is 10.0 Å². The molecule has 1 aliphatic heterocycles. The minimum absolute atomic E-state index is 0.0616. The Morgan fingerprint density at radius 2 is 1.87 bits per heavy atom. The summed E-state index contributed by atoms with van der Waals surface area (Å²) < 4.78 is 35.5. The molecule has 12 heteroatoms. The maximum absolute atomic E-state index is 12.7. The first-order valence-corrected chi connectivity index (χ1v) is 10.7. The number of nitrogens with one attached hydrogen (secondary N) is 1. The predicted octanol–water partition coefficient (Wildman–Crippen LogP) is 3.06. The van der Waals surface area contributed by atoms with Gasteiger partial charge in [-0.2, -0.15) is 0 Å². The Hall–Kier alpha value is -3.05. The van der Waals surface area contributed by atoms with E-state index in [2.05, 4.69) is 5.32 Å². The first-order valence-electron chi connectivity index (χ1n) is 8.69. The van der Waals surface area contributed by atoms with E-state index in [1.165, 1.54) is 42.8 Å². The van der Waals surface area contributed by atoms with Crippen LogP contribution >= 0.6 is 11.6 Å². The number of sulfonamides is 1. The number of benzene rings is 2. The molecule has 1 saturated heterocycles. The van der Waals surface area contributed by atoms with Crippen LogP contribution in [0.2, 0.25) is 5.02 Å². The SMILES string of the molecule is COc1cc(C(=O)Nc2ccc(N3CCCS3(=O)=O)cc2Cl)c([N+](=O)[O-])cc1OC. The second kappa shape index (κ2) is 8.36. The zero-order chi connectivity index (χ0) is 22.1. The van der Waals surface area contributed by atoms with E-state index in [9.17, 15) is 23.3 Å². The van der Waals surface area contributed by atoms with E-state index >= 15 is 0 Å². The van der Waals surface area contributed by atoms with E-state index < -0.39 is 26.5 Å². The number of halogens is 1. The number of nitro benzene ring substituents is 1. The van der Waals surface area contributed by atoms with Gasteiger partial charge in [0.1, 0.15) is 5.56 Å². The molecule has 10 nitrogen and oxygen atoms in total. The smallest absolute Gasteiger partial charge is 0.286 e. The van der Waals surface area contributed by atoms with Gasteiger partial charge in [0.25, 0.3) is 11.6 Å². The van der Waals surface area contributed by atoms with E-state index in [4.69, 9.17) is 21.1 Å². The number of hydrogen-bond acceptors (Lipinski definition) is 7. The Labute approximate surface area is 177 Å². The van der Waals surface area contributed by atoms with Gasteiger partial charge in [-0.3, -0.25) is 19.2 Å². The van der Waals surface area contributed by atoms with Gasteiger partial charge in [0.05, 0.1) is 47.4 Å². The molecule has 2 aromatic rings. The molecule has 1 fully saturated rings. The summed E-state index contributed by atoms with van der Waals surface area (Å²) in [6, 6.07) is 6.66. The molecular formula is C18H18ClN3O7S. The summed E-state index contributed by atoms with van der Waals surface area (Å²) in [7, 11) is -0.715. The van der Waals surface area contributed by atoms with Crippen LogP contribution in [0.1, 0.15) is 16.8 Å². The van der Waals surface area contributed by atoms with Gasteiger partial charge in [-0.15, -0.1) is 0 Å². The molecule has 0 saturated carbocycles. The highest BCUT2D eigenvalue weighted by Crippen LogP contribution is 2.36. The van der Waals surface area contributed by atoms with Crippen LogP contribution in [0.5, 0.6) is 11.5 Å². The van der Waals surface area contributed by atoms with Crippen LogP contribution < -0.4 is 19.1 Å². The Bertz CT molecular complexity index is 1120. The topological polar surface area (TPSA) is 128 Å². The number of nitro groups is 1. The lowest BCUT2D eigenvalue weighted by Gasteiger charge is -2.18. The first kappa shape index (κ1) is 21.7. The summed E-state index contributed by atoms with van der Waals surface area (Å²) >= 11 is 6.23. The van der Waals surface area contributed by atoms with Gasteiger partial charge < -0.3 is 14.8 Å². The van der Waals surface area contributed by atoms with Crippen LogP contribution in [0.3, 0.4) is 0 Å². The highest BCUT2D eigenvalue weighted by atomic mass is 35.5. The van der Waals surface area contributed by atoms with Gasteiger partial charge in [-0.1, -0.05) is 11.6 Å². The van der Waals surface area contributed by atoms with Crippen LogP contribution in [0.25, 0.3) is 0 Å². The minimum atomic E-state index is -3.38. The fourth-order valence-corrected chi connectivity index (χ4v) is 4.86. The number of carbonyl (C=O) groups excluding carboxylic acids is 1. The van der Waals surface area contributed by atoms with E-state index in [0.29, 0.717) is 18.7 Å². The number of nitrogens with zero attached hydrogens (tertiary/aromatic N) is 2. The van der Waals surface area contributed by atoms with Gasteiger partial charge in [-0.05, 0) is 24.6 Å². The second-order valence-corrected chi connectivity index (χ2v) is 8.76. The average molecular weight is 456 g/mol. The summed E-state index contributed by atoms with van der Waals surface area (Å²) in [5.41, 5.74) is -0.167. The van der Waals surface area contributed by atoms with Crippen molar-refractivity contribution in [3.63, 3.8) is 0 Å². The average Bonchev–Trinajstić information content (AvgIpc) is 3.07. The summed E-state index contributed by atoms with van der Waals surface area (Å²) in [5, 5.41) is 14.0. The van der Waals surface area contributed by atoms with Gasteiger partial charge in [-0.25, -0.2) is 8.42 Å². The maximum Gasteiger partial charge on any atom is 0.286 e. The van der Waals surface area contributed by atoms with Crippen LogP contribution in [-0.2, 0) is 10.0 Å². The fraction of sp³-hybridized carbons (Fsp3) is 0.278. The van der Waals surface area contributed by atoms with Crippen molar-refractivity contribution in [3.05, 3.63) is 51.0 Å². The molecule has 1 aliphatic rings. The molecule has 1 amide bonds. The summed E-state index contributed by atoms with van der Waals surface area (Å²) in [6.07, 6.45) is 0.515. The molecular weight excluding hydrogens is 438 g/mol. The quantitative estimate of drug-likeness (QED) is 0.523. The molecule has 0 aliphatic carbocycles. The Balaban J connectivity index is 1.92. The zero-order valence-electron chi connectivity index (χ0n) is 16.0. The van der Waals surface area contributed by atoms with Gasteiger partial charge >= 0.3 is 0 Å². The highest BCUT2D eigenvalue weighted by molar-refractivity contribution is 7.93. The lowest BCUT2D eigenvalue weighted by Crippen LogP contribution is -2.25. The Kier molecular flexibility index (Phi) is 6.04. The first-order chi connectivity index (χ1) is 14.2. The van der Waals surface area contributed by atoms with Crippen molar-refractivity contribution in [3.8, 4) is 11.5 Å². The number of methoxy groups -OCH3 is 2. The molecule has 0 spiro atoms. The maximum atomic E-state index is 12.7. The van der Waals surface area contributed by atoms with E-state index in [0.717, 1.165) is 6.07 Å². The summed E-state index contributed by atoms with van der Waals surface area (Å²) in [4.78, 5) is 23.4. The van der Waals surface area contributed by atoms with Crippen LogP contribution in [0.4, 0.5) is 17.1 Å². The second-order valence-electron chi connectivity index (χ2n) is 6.34. The zero-order valence-corrected chi connectivity index (χ0v) is 17.6. The molecule has 0 radical (unpaired) electrons. The molecule has 3 rings (SSSR count). The highest BCUT2D eigenvalue weighted by Gasteiger charge is 2.29. The van der Waals surface area contributed by atoms with Crippen molar-refractivity contribution in [2.24, 2.45) is 0 Å². The molecule has 0 unspecified atom stereocenters. The van der Waals surface area contributed by atoms with Crippen molar-refractivity contribution in [2.45, 2.75) is 6.42 Å². The monoisotopic (exact) mass is 455 g/mol. The molecule has 0 bridgehead atoms. The van der Waals surface area contributed by atoms with E-state index in [1.807, 2.05) is 0 Å². The van der Waals surface area contributed by atoms with Crippen molar-refractivity contribution >= 4 is 44.6 Å². The summed E-state index contributed by atoms with van der Waals surface area (Å²) in [6.45, 7) is 0.349. The minimum Gasteiger partial charge on any atom is -0.493 e. The van der Waals surface area contributed by atoms with Crippen LogP contribution in [-0.4, -0.2) is 45.8 Å². The largest absolute Gasteiger partial charge is 0.493 e. The predicted molar refractivity (Wildman–Crippen MR) is 111 cm³/mol. The van der Waals surface area contributed by atoms with E-state index in [-0.39, 0.29) is 33.5 Å². The molecule has 0 atom stereocenters. The standard InChI is InChI=1S/C18H18ClN3O7S/c1-28-16-9-12(15(22(24)25)10-17(16)29-2)18(23)20-14-5-4-11(8-13(14)19)21-6-3-7-30(21,26)27/h4-5,8-10H,3,6-7H2,1-2H3,(H,20,23). The van der Waals surface area contributed by atoms with Crippen molar-refractivity contribution in [2.75, 3.05) is 36.1 Å². The molecule has 2 aromatic carbocycles. The third kappa shape index (κ3) is 4.12.